The molecular formula is C59H104NO8P. The zero-order valence-corrected chi connectivity index (χ0v) is 45.2. The van der Waals surface area contributed by atoms with Crippen molar-refractivity contribution in [2.45, 2.75) is 251 Å². The highest BCUT2D eigenvalue weighted by Crippen LogP contribution is 2.43. The maximum absolute atomic E-state index is 12.7. The fourth-order valence-electron chi connectivity index (χ4n) is 7.63. The lowest BCUT2D eigenvalue weighted by Crippen LogP contribution is -2.29. The average molecular weight is 986 g/mol. The van der Waals surface area contributed by atoms with Gasteiger partial charge < -0.3 is 20.1 Å². The van der Waals surface area contributed by atoms with Crippen LogP contribution in [0.2, 0.25) is 0 Å². The van der Waals surface area contributed by atoms with Gasteiger partial charge in [-0.25, -0.2) is 4.57 Å². The quantitative estimate of drug-likeness (QED) is 0.0264. The Hall–Kier alpha value is -2.81. The Labute approximate surface area is 424 Å². The summed E-state index contributed by atoms with van der Waals surface area (Å²) in [6, 6.07) is 0. The van der Waals surface area contributed by atoms with Crippen LogP contribution < -0.4 is 5.73 Å². The fraction of sp³-hybridized carbons (Fsp3) is 0.729. The van der Waals surface area contributed by atoms with Gasteiger partial charge in [0.25, 0.3) is 0 Å². The lowest BCUT2D eigenvalue weighted by atomic mass is 10.0. The van der Waals surface area contributed by atoms with Crippen LogP contribution in [0, 0.1) is 0 Å². The minimum absolute atomic E-state index is 0.0490. The summed E-state index contributed by atoms with van der Waals surface area (Å²) in [7, 11) is -4.39. The van der Waals surface area contributed by atoms with Gasteiger partial charge in [-0.15, -0.1) is 0 Å². The smallest absolute Gasteiger partial charge is 0.462 e. The molecule has 0 heterocycles. The molecule has 0 aromatic carbocycles. The number of allylic oxidation sites excluding steroid dienone is 14. The van der Waals surface area contributed by atoms with Crippen LogP contribution in [0.5, 0.6) is 0 Å². The number of phosphoric ester groups is 1. The van der Waals surface area contributed by atoms with Gasteiger partial charge in [-0.3, -0.25) is 18.6 Å². The molecule has 3 N–H and O–H groups in total. The van der Waals surface area contributed by atoms with Gasteiger partial charge in [-0.1, -0.05) is 227 Å². The first kappa shape index (κ1) is 66.2. The monoisotopic (exact) mass is 986 g/mol. The molecular weight excluding hydrogens is 882 g/mol. The van der Waals surface area contributed by atoms with Crippen molar-refractivity contribution in [3.8, 4) is 0 Å². The number of carbonyl (C=O) groups excluding carboxylic acids is 2. The summed E-state index contributed by atoms with van der Waals surface area (Å²) >= 11 is 0. The second-order valence-electron chi connectivity index (χ2n) is 18.4. The van der Waals surface area contributed by atoms with Gasteiger partial charge in [0, 0.05) is 19.4 Å². The van der Waals surface area contributed by atoms with Crippen LogP contribution in [-0.4, -0.2) is 49.3 Å². The van der Waals surface area contributed by atoms with Crippen molar-refractivity contribution >= 4 is 19.8 Å². The van der Waals surface area contributed by atoms with Crippen LogP contribution in [0.15, 0.2) is 85.1 Å². The summed E-state index contributed by atoms with van der Waals surface area (Å²) in [5.74, 6) is -0.835. The Kier molecular flexibility index (Phi) is 52.3. The molecule has 0 aliphatic heterocycles. The third-order valence-electron chi connectivity index (χ3n) is 11.8. The number of esters is 2. The van der Waals surface area contributed by atoms with Gasteiger partial charge in [-0.2, -0.15) is 0 Å². The molecule has 0 aliphatic rings. The van der Waals surface area contributed by atoms with Crippen molar-refractivity contribution in [2.24, 2.45) is 5.73 Å². The highest BCUT2D eigenvalue weighted by Gasteiger charge is 2.26. The highest BCUT2D eigenvalue weighted by molar-refractivity contribution is 7.47. The Morgan fingerprint density at radius 2 is 0.797 bits per heavy atom. The largest absolute Gasteiger partial charge is 0.472 e. The van der Waals surface area contributed by atoms with Crippen molar-refractivity contribution < 1.29 is 37.6 Å². The molecule has 0 saturated carbocycles. The molecule has 0 fully saturated rings. The number of unbranched alkanes of at least 4 members (excludes halogenated alkanes) is 25. The molecule has 0 radical (unpaired) electrons. The standard InChI is InChI=1S/C59H104NO8P/c1-3-5-7-9-11-13-15-17-19-21-23-25-26-27-28-29-30-32-34-36-38-40-42-44-46-48-50-52-59(62)68-57(56-67-69(63,64)66-54-53-60)55-65-58(61)51-49-47-45-43-41-39-37-35-33-31-24-22-20-18-16-14-12-10-8-6-4-2/h5,7,11,13,16-19,22-25,27-28,57H,3-4,6,8-10,12,14-15,20-21,26,29-56,60H2,1-2H3,(H,63,64)/b7-5-,13-11-,18-16-,19-17-,24-22-,25-23-,28-27-. The van der Waals surface area contributed by atoms with Crippen LogP contribution >= 0.6 is 7.82 Å². The summed E-state index contributed by atoms with van der Waals surface area (Å²) in [4.78, 5) is 35.2. The van der Waals surface area contributed by atoms with Crippen LogP contribution in [0.3, 0.4) is 0 Å². The van der Waals surface area contributed by atoms with Crippen LogP contribution in [-0.2, 0) is 32.7 Å². The number of nitrogens with two attached hydrogens (primary N) is 1. The molecule has 2 unspecified atom stereocenters. The van der Waals surface area contributed by atoms with Crippen molar-refractivity contribution in [3.05, 3.63) is 85.1 Å². The second-order valence-corrected chi connectivity index (χ2v) is 19.9. The van der Waals surface area contributed by atoms with E-state index in [1.807, 2.05) is 0 Å². The van der Waals surface area contributed by atoms with E-state index in [0.717, 1.165) is 89.9 Å². The van der Waals surface area contributed by atoms with Crippen LogP contribution in [0.1, 0.15) is 245 Å². The van der Waals surface area contributed by atoms with Crippen molar-refractivity contribution in [2.75, 3.05) is 26.4 Å². The van der Waals surface area contributed by atoms with Gasteiger partial charge in [0.2, 0.25) is 0 Å². The van der Waals surface area contributed by atoms with E-state index in [2.05, 4.69) is 98.9 Å². The second kappa shape index (κ2) is 54.5. The SMILES string of the molecule is CC/C=C\C/C=C\C/C=C\C/C=C\C/C=C\CCCCCCCCCCCCCC(=O)OC(COC(=O)CCCCCCCCCCC/C=C\C/C=C\CCCCCCC)COP(=O)(O)OCCN. The minimum Gasteiger partial charge on any atom is -0.462 e. The molecule has 0 aromatic heterocycles. The summed E-state index contributed by atoms with van der Waals surface area (Å²) in [6.45, 7) is 3.62. The predicted octanol–water partition coefficient (Wildman–Crippen LogP) is 17.5. The summed E-state index contributed by atoms with van der Waals surface area (Å²) in [5, 5.41) is 0. The van der Waals surface area contributed by atoms with Gasteiger partial charge >= 0.3 is 19.8 Å². The van der Waals surface area contributed by atoms with Crippen LogP contribution in [0.4, 0.5) is 0 Å². The van der Waals surface area contributed by atoms with Gasteiger partial charge in [0.05, 0.1) is 13.2 Å². The van der Waals surface area contributed by atoms with E-state index >= 15 is 0 Å². The average Bonchev–Trinajstić information content (AvgIpc) is 3.34. The first-order chi connectivity index (χ1) is 33.8. The molecule has 0 amide bonds. The van der Waals surface area contributed by atoms with E-state index in [0.29, 0.717) is 6.42 Å². The third kappa shape index (κ3) is 54.4. The van der Waals surface area contributed by atoms with E-state index in [1.165, 1.54) is 122 Å². The zero-order valence-electron chi connectivity index (χ0n) is 44.3. The van der Waals surface area contributed by atoms with Gasteiger partial charge in [0.1, 0.15) is 6.61 Å². The van der Waals surface area contributed by atoms with Crippen molar-refractivity contribution in [1.82, 2.24) is 0 Å². The Balaban J connectivity index is 4.02. The Morgan fingerprint density at radius 3 is 1.19 bits per heavy atom. The number of carbonyl (C=O) groups is 2. The van der Waals surface area contributed by atoms with Crippen molar-refractivity contribution in [3.63, 3.8) is 0 Å². The molecule has 0 saturated heterocycles. The number of hydrogen-bond donors (Lipinski definition) is 2. The first-order valence-corrected chi connectivity index (χ1v) is 29.6. The number of ether oxygens (including phenoxy) is 2. The molecule has 398 valence electrons. The topological polar surface area (TPSA) is 134 Å². The molecule has 69 heavy (non-hydrogen) atoms. The third-order valence-corrected chi connectivity index (χ3v) is 12.7. The first-order valence-electron chi connectivity index (χ1n) is 28.1. The Bertz CT molecular complexity index is 1400. The summed E-state index contributed by atoms with van der Waals surface area (Å²) < 4.78 is 33.0. The highest BCUT2D eigenvalue weighted by atomic mass is 31.2. The van der Waals surface area contributed by atoms with Crippen molar-refractivity contribution in [1.29, 1.82) is 0 Å². The fourth-order valence-corrected chi connectivity index (χ4v) is 8.40. The van der Waals surface area contributed by atoms with Gasteiger partial charge in [-0.05, 0) is 89.9 Å². The maximum Gasteiger partial charge on any atom is 0.472 e. The predicted molar refractivity (Wildman–Crippen MR) is 293 cm³/mol. The summed E-state index contributed by atoms with van der Waals surface area (Å²) in [6.07, 6.45) is 70.5. The Morgan fingerprint density at radius 1 is 0.449 bits per heavy atom. The normalized spacial score (nSPS) is 13.7. The summed E-state index contributed by atoms with van der Waals surface area (Å²) in [5.41, 5.74) is 5.38. The minimum atomic E-state index is -4.39. The molecule has 0 bridgehead atoms. The lowest BCUT2D eigenvalue weighted by molar-refractivity contribution is -0.161. The molecule has 0 aliphatic carbocycles. The molecule has 0 spiro atoms. The van der Waals surface area contributed by atoms with E-state index in [9.17, 15) is 19.0 Å². The van der Waals surface area contributed by atoms with E-state index < -0.39 is 26.5 Å². The van der Waals surface area contributed by atoms with E-state index in [4.69, 9.17) is 24.3 Å². The van der Waals surface area contributed by atoms with Crippen LogP contribution in [0.25, 0.3) is 0 Å². The number of rotatable bonds is 52. The molecule has 10 heteroatoms. The lowest BCUT2D eigenvalue weighted by Gasteiger charge is -2.19. The maximum atomic E-state index is 12.7. The molecule has 0 rings (SSSR count). The number of phosphoric acid groups is 1. The molecule has 0 aromatic rings. The molecule has 2 atom stereocenters. The van der Waals surface area contributed by atoms with Gasteiger partial charge in [0.15, 0.2) is 6.10 Å². The number of hydrogen-bond acceptors (Lipinski definition) is 8. The zero-order chi connectivity index (χ0) is 50.2. The van der Waals surface area contributed by atoms with E-state index in [-0.39, 0.29) is 38.6 Å². The van der Waals surface area contributed by atoms with E-state index in [1.54, 1.807) is 0 Å². The molecule has 9 nitrogen and oxygen atoms in total.